The van der Waals surface area contributed by atoms with Crippen molar-refractivity contribution in [3.8, 4) is 0 Å². The van der Waals surface area contributed by atoms with Crippen LogP contribution >= 0.6 is 12.2 Å². The number of hydrogen-bond acceptors (Lipinski definition) is 4. The number of anilines is 1. The van der Waals surface area contributed by atoms with Gasteiger partial charge in [0.05, 0.1) is 12.1 Å². The van der Waals surface area contributed by atoms with Gasteiger partial charge in [-0.15, -0.1) is 0 Å². The highest BCUT2D eigenvalue weighted by atomic mass is 32.1. The summed E-state index contributed by atoms with van der Waals surface area (Å²) in [5.41, 5.74) is 3.51. The number of pyridine rings is 1. The van der Waals surface area contributed by atoms with E-state index in [2.05, 4.69) is 15.2 Å². The number of rotatable bonds is 4. The molecule has 2 heterocycles. The maximum atomic E-state index is 12.6. The van der Waals surface area contributed by atoms with Crippen molar-refractivity contribution in [3.63, 3.8) is 0 Å². The fourth-order valence-electron chi connectivity index (χ4n) is 3.26. The van der Waals surface area contributed by atoms with Crippen molar-refractivity contribution in [2.24, 2.45) is 0 Å². The van der Waals surface area contributed by atoms with Crippen LogP contribution in [0, 0.1) is 18.5 Å². The van der Waals surface area contributed by atoms with E-state index in [0.717, 1.165) is 16.8 Å². The predicted octanol–water partition coefficient (Wildman–Crippen LogP) is 2.76. The number of aromatic nitrogens is 1. The fraction of sp³-hybridized carbons (Fsp3) is 0.350. The molecule has 1 aliphatic heterocycles. The van der Waals surface area contributed by atoms with Crippen LogP contribution in [0.25, 0.3) is 0 Å². The first-order valence-corrected chi connectivity index (χ1v) is 9.42. The summed E-state index contributed by atoms with van der Waals surface area (Å²) in [5.74, 6) is -0.0887. The Bertz CT molecular complexity index is 881. The second-order valence-electron chi connectivity index (χ2n) is 6.80. The molecule has 27 heavy (non-hydrogen) atoms. The highest BCUT2D eigenvalue weighted by molar-refractivity contribution is 7.71. The summed E-state index contributed by atoms with van der Waals surface area (Å²) in [6, 6.07) is 9.47. The number of amides is 2. The number of carbonyl (C=O) groups is 2. The molecule has 1 aliphatic rings. The van der Waals surface area contributed by atoms with Gasteiger partial charge in [0.1, 0.15) is 4.64 Å². The minimum Gasteiger partial charge on any atom is -0.352 e. The first-order chi connectivity index (χ1) is 13.0. The number of piperazine rings is 1. The number of aromatic amines is 1. The Hall–Kier alpha value is -2.51. The molecule has 0 aliphatic carbocycles. The predicted molar refractivity (Wildman–Crippen MR) is 109 cm³/mol. The average molecular weight is 385 g/mol. The average Bonchev–Trinajstić information content (AvgIpc) is 2.65. The lowest BCUT2D eigenvalue weighted by Gasteiger charge is -2.34. The number of H-pyrrole nitrogens is 1. The number of nitrogens with one attached hydrogen (secondary N) is 2. The lowest BCUT2D eigenvalue weighted by atomic mass is 10.1. The van der Waals surface area contributed by atoms with E-state index in [1.165, 1.54) is 0 Å². The van der Waals surface area contributed by atoms with Gasteiger partial charge in [-0.05, 0) is 37.1 Å². The molecule has 1 aromatic carbocycles. The molecule has 2 aromatic rings. The first kappa shape index (κ1) is 19.3. The van der Waals surface area contributed by atoms with Crippen LogP contribution in [0.3, 0.4) is 0 Å². The number of carbonyl (C=O) groups excluding carboxylic acids is 2. The molecule has 0 saturated carbocycles. The third-order valence-corrected chi connectivity index (χ3v) is 5.16. The van der Waals surface area contributed by atoms with Crippen LogP contribution in [0.15, 0.2) is 36.5 Å². The zero-order valence-electron chi connectivity index (χ0n) is 15.6. The van der Waals surface area contributed by atoms with E-state index in [4.69, 9.17) is 12.2 Å². The number of hydrogen-bond donors (Lipinski definition) is 2. The van der Waals surface area contributed by atoms with Gasteiger partial charge in [0.15, 0.2) is 0 Å². The van der Waals surface area contributed by atoms with Crippen molar-refractivity contribution >= 4 is 29.7 Å². The number of nitrogens with zero attached hydrogens (tertiary/aromatic N) is 2. The summed E-state index contributed by atoms with van der Waals surface area (Å²) >= 11 is 5.19. The molecule has 0 atom stereocenters. The van der Waals surface area contributed by atoms with E-state index >= 15 is 0 Å². The number of aryl methyl sites for hydroxylation is 2. The van der Waals surface area contributed by atoms with Crippen molar-refractivity contribution in [2.75, 3.05) is 38.0 Å². The first-order valence-electron chi connectivity index (χ1n) is 9.01. The lowest BCUT2D eigenvalue weighted by Crippen LogP contribution is -2.50. The summed E-state index contributed by atoms with van der Waals surface area (Å²) in [6.45, 7) is 6.78. The maximum absolute atomic E-state index is 12.6. The van der Waals surface area contributed by atoms with E-state index in [0.29, 0.717) is 42.9 Å². The Balaban J connectivity index is 1.54. The minimum atomic E-state index is -0.0588. The largest absolute Gasteiger partial charge is 0.352 e. The molecule has 1 aromatic heterocycles. The molecule has 1 fully saturated rings. The van der Waals surface area contributed by atoms with Crippen LogP contribution in [0.2, 0.25) is 0 Å². The standard InChI is InChI=1S/C20H24N4O2S/c1-14-5-3-6-15(2)18(14)22-17(25)13-23-9-11-24(12-10-23)20(26)16-7-4-8-21-19(16)27/h3-8H,9-13H2,1-2H3,(H,21,27)(H,22,25). The van der Waals surface area contributed by atoms with Crippen molar-refractivity contribution in [3.05, 3.63) is 57.9 Å². The van der Waals surface area contributed by atoms with Crippen LogP contribution in [-0.4, -0.2) is 59.3 Å². The van der Waals surface area contributed by atoms with Crippen LogP contribution in [0.5, 0.6) is 0 Å². The van der Waals surface area contributed by atoms with Crippen molar-refractivity contribution in [1.29, 1.82) is 0 Å². The topological polar surface area (TPSA) is 68.4 Å². The van der Waals surface area contributed by atoms with E-state index in [9.17, 15) is 9.59 Å². The summed E-state index contributed by atoms with van der Waals surface area (Å²) in [5, 5.41) is 3.01. The highest BCUT2D eigenvalue weighted by Crippen LogP contribution is 2.19. The van der Waals surface area contributed by atoms with Crippen LogP contribution in [0.1, 0.15) is 21.5 Å². The Morgan fingerprint density at radius 1 is 1.07 bits per heavy atom. The molecule has 2 amide bonds. The normalized spacial score (nSPS) is 14.8. The zero-order valence-corrected chi connectivity index (χ0v) is 16.4. The van der Waals surface area contributed by atoms with Crippen LogP contribution in [0.4, 0.5) is 5.69 Å². The molecule has 0 bridgehead atoms. The van der Waals surface area contributed by atoms with E-state index in [-0.39, 0.29) is 11.8 Å². The highest BCUT2D eigenvalue weighted by Gasteiger charge is 2.24. The SMILES string of the molecule is Cc1cccc(C)c1NC(=O)CN1CCN(C(=O)c2ccc[nH]c2=S)CC1. The van der Waals surface area contributed by atoms with Crippen molar-refractivity contribution < 1.29 is 9.59 Å². The fourth-order valence-corrected chi connectivity index (χ4v) is 3.49. The molecule has 2 N–H and O–H groups in total. The molecule has 3 rings (SSSR count). The van der Waals surface area contributed by atoms with E-state index in [1.54, 1.807) is 23.2 Å². The minimum absolute atomic E-state index is 0.0299. The second kappa shape index (κ2) is 8.45. The Labute approximate surface area is 164 Å². The molecule has 1 saturated heterocycles. The van der Waals surface area contributed by atoms with Gasteiger partial charge in [0.2, 0.25) is 5.91 Å². The quantitative estimate of drug-likeness (QED) is 0.796. The summed E-state index contributed by atoms with van der Waals surface area (Å²) < 4.78 is 0.456. The van der Waals surface area contributed by atoms with Gasteiger partial charge in [-0.3, -0.25) is 14.5 Å². The Morgan fingerprint density at radius 3 is 2.37 bits per heavy atom. The molecule has 7 heteroatoms. The van der Waals surface area contributed by atoms with Gasteiger partial charge in [0, 0.05) is 38.1 Å². The second-order valence-corrected chi connectivity index (χ2v) is 7.20. The molecule has 0 spiro atoms. The Morgan fingerprint density at radius 2 is 1.74 bits per heavy atom. The molecule has 142 valence electrons. The molecule has 0 radical (unpaired) electrons. The molecular weight excluding hydrogens is 360 g/mol. The lowest BCUT2D eigenvalue weighted by molar-refractivity contribution is -0.117. The van der Waals surface area contributed by atoms with Gasteiger partial charge >= 0.3 is 0 Å². The van der Waals surface area contributed by atoms with Crippen LogP contribution < -0.4 is 5.32 Å². The maximum Gasteiger partial charge on any atom is 0.256 e. The van der Waals surface area contributed by atoms with Gasteiger partial charge in [0.25, 0.3) is 5.91 Å². The number of benzene rings is 1. The van der Waals surface area contributed by atoms with Crippen molar-refractivity contribution in [2.45, 2.75) is 13.8 Å². The van der Waals surface area contributed by atoms with Gasteiger partial charge in [-0.2, -0.15) is 0 Å². The van der Waals surface area contributed by atoms with E-state index in [1.807, 2.05) is 32.0 Å². The van der Waals surface area contributed by atoms with Gasteiger partial charge in [-0.25, -0.2) is 0 Å². The Kier molecular flexibility index (Phi) is 6.03. The third kappa shape index (κ3) is 4.61. The summed E-state index contributed by atoms with van der Waals surface area (Å²) in [4.78, 5) is 31.8. The molecule has 6 nitrogen and oxygen atoms in total. The molecular formula is C20H24N4O2S. The van der Waals surface area contributed by atoms with E-state index < -0.39 is 0 Å². The summed E-state index contributed by atoms with van der Waals surface area (Å²) in [6.07, 6.45) is 1.71. The zero-order chi connectivity index (χ0) is 19.4. The van der Waals surface area contributed by atoms with Gasteiger partial charge < -0.3 is 15.2 Å². The smallest absolute Gasteiger partial charge is 0.256 e. The third-order valence-electron chi connectivity index (χ3n) is 4.82. The number of para-hydroxylation sites is 1. The summed E-state index contributed by atoms with van der Waals surface area (Å²) in [7, 11) is 0. The monoisotopic (exact) mass is 384 g/mol. The van der Waals surface area contributed by atoms with Gasteiger partial charge in [-0.1, -0.05) is 30.4 Å². The molecule has 0 unspecified atom stereocenters. The van der Waals surface area contributed by atoms with Crippen LogP contribution in [-0.2, 0) is 4.79 Å². The van der Waals surface area contributed by atoms with Crippen molar-refractivity contribution in [1.82, 2.24) is 14.8 Å².